The summed E-state index contributed by atoms with van der Waals surface area (Å²) >= 11 is 0. The van der Waals surface area contributed by atoms with Crippen molar-refractivity contribution in [1.29, 1.82) is 5.26 Å². The summed E-state index contributed by atoms with van der Waals surface area (Å²) in [6, 6.07) is 23.1. The molecule has 0 unspecified atom stereocenters. The molecule has 1 aromatic heterocycles. The number of carbonyl (C=O) groups is 1. The van der Waals surface area contributed by atoms with Gasteiger partial charge in [0.05, 0.1) is 30.1 Å². The Morgan fingerprint density at radius 2 is 1.89 bits per heavy atom. The fourth-order valence-corrected chi connectivity index (χ4v) is 3.05. The van der Waals surface area contributed by atoms with Crippen LogP contribution in [0.15, 0.2) is 79.1 Å². The molecule has 5 heteroatoms. The molecule has 0 radical (unpaired) electrons. The molecule has 0 saturated carbocycles. The van der Waals surface area contributed by atoms with Crippen LogP contribution in [0.25, 0.3) is 10.8 Å². The highest BCUT2D eigenvalue weighted by molar-refractivity contribution is 6.04. The predicted molar refractivity (Wildman–Crippen MR) is 104 cm³/mol. The number of carbonyl (C=O) groups excluding carboxylic acids is 1. The molecule has 1 heterocycles. The third-order valence-electron chi connectivity index (χ3n) is 4.36. The molecule has 3 aromatic carbocycles. The Bertz CT molecular complexity index is 1160. The van der Waals surface area contributed by atoms with Gasteiger partial charge in [0.2, 0.25) is 0 Å². The number of amides is 1. The zero-order valence-corrected chi connectivity index (χ0v) is 14.5. The van der Waals surface area contributed by atoms with Crippen LogP contribution in [0.2, 0.25) is 0 Å². The van der Waals surface area contributed by atoms with Crippen LogP contribution in [0, 0.1) is 11.3 Å². The monoisotopic (exact) mass is 352 g/mol. The molecule has 0 aliphatic carbocycles. The maximum Gasteiger partial charge on any atom is 0.255 e. The van der Waals surface area contributed by atoms with E-state index in [1.807, 2.05) is 24.3 Å². The second-order valence-corrected chi connectivity index (χ2v) is 6.21. The van der Waals surface area contributed by atoms with E-state index in [9.17, 15) is 4.79 Å². The molecule has 27 heavy (non-hydrogen) atoms. The quantitative estimate of drug-likeness (QED) is 0.598. The molecule has 0 spiro atoms. The van der Waals surface area contributed by atoms with Crippen molar-refractivity contribution in [2.24, 2.45) is 0 Å². The molecule has 4 rings (SSSR count). The van der Waals surface area contributed by atoms with E-state index in [0.29, 0.717) is 23.4 Å². The van der Waals surface area contributed by atoms with Crippen LogP contribution in [0.3, 0.4) is 0 Å². The van der Waals surface area contributed by atoms with Crippen molar-refractivity contribution in [2.45, 2.75) is 6.54 Å². The summed E-state index contributed by atoms with van der Waals surface area (Å²) in [5.74, 6) is -0.267. The number of aromatic nitrogens is 2. The predicted octanol–water partition coefficient (Wildman–Crippen LogP) is 4.21. The summed E-state index contributed by atoms with van der Waals surface area (Å²) in [7, 11) is 0. The first kappa shape index (κ1) is 16.6. The minimum atomic E-state index is -0.267. The summed E-state index contributed by atoms with van der Waals surface area (Å²) in [5, 5.41) is 18.5. The smallest absolute Gasteiger partial charge is 0.255 e. The van der Waals surface area contributed by atoms with Crippen LogP contribution in [-0.2, 0) is 6.54 Å². The lowest BCUT2D eigenvalue weighted by atomic mass is 10.0. The van der Waals surface area contributed by atoms with Crippen molar-refractivity contribution in [2.75, 3.05) is 5.32 Å². The van der Waals surface area contributed by atoms with Crippen molar-refractivity contribution >= 4 is 22.4 Å². The molecule has 0 fully saturated rings. The van der Waals surface area contributed by atoms with Crippen LogP contribution < -0.4 is 5.32 Å². The number of nitrogens with one attached hydrogen (secondary N) is 1. The van der Waals surface area contributed by atoms with Crippen LogP contribution in [0.5, 0.6) is 0 Å². The number of anilines is 1. The summed E-state index contributed by atoms with van der Waals surface area (Å²) in [6.45, 7) is 0.612. The summed E-state index contributed by atoms with van der Waals surface area (Å²) in [5.41, 5.74) is 2.67. The molecule has 0 aliphatic heterocycles. The zero-order chi connectivity index (χ0) is 18.6. The van der Waals surface area contributed by atoms with Gasteiger partial charge < -0.3 is 5.32 Å². The normalized spacial score (nSPS) is 10.5. The second-order valence-electron chi connectivity index (χ2n) is 6.21. The molecule has 0 saturated heterocycles. The van der Waals surface area contributed by atoms with E-state index < -0.39 is 0 Å². The van der Waals surface area contributed by atoms with Crippen molar-refractivity contribution in [1.82, 2.24) is 9.78 Å². The number of nitriles is 1. The molecule has 130 valence electrons. The highest BCUT2D eigenvalue weighted by Crippen LogP contribution is 2.20. The first-order valence-corrected chi connectivity index (χ1v) is 8.53. The largest absolute Gasteiger partial charge is 0.319 e. The van der Waals surface area contributed by atoms with Gasteiger partial charge in [0.15, 0.2) is 0 Å². The van der Waals surface area contributed by atoms with Gasteiger partial charge in [-0.25, -0.2) is 0 Å². The van der Waals surface area contributed by atoms with E-state index in [1.54, 1.807) is 41.3 Å². The third-order valence-corrected chi connectivity index (χ3v) is 4.36. The van der Waals surface area contributed by atoms with Crippen molar-refractivity contribution in [3.05, 3.63) is 95.8 Å². The molecule has 4 aromatic rings. The highest BCUT2D eigenvalue weighted by Gasteiger charge is 2.09. The lowest BCUT2D eigenvalue weighted by molar-refractivity contribution is 0.102. The molecule has 1 N–H and O–H groups in total. The molecule has 0 bridgehead atoms. The van der Waals surface area contributed by atoms with E-state index >= 15 is 0 Å². The maximum absolute atomic E-state index is 12.4. The standard InChI is InChI=1S/C22H16N4O/c23-12-16-5-3-8-18(11-16)22(27)25-20-13-24-26(15-20)14-19-9-4-7-17-6-1-2-10-21(17)19/h1-11,13,15H,14H2,(H,25,27). The maximum atomic E-state index is 12.4. The van der Waals surface area contributed by atoms with E-state index in [0.717, 1.165) is 5.56 Å². The Labute approximate surface area is 156 Å². The lowest BCUT2D eigenvalue weighted by Gasteiger charge is -2.06. The topological polar surface area (TPSA) is 70.7 Å². The molecule has 0 aliphatic rings. The average molecular weight is 352 g/mol. The Morgan fingerprint density at radius 3 is 2.78 bits per heavy atom. The van der Waals surface area contributed by atoms with Gasteiger partial charge in [-0.05, 0) is 34.5 Å². The van der Waals surface area contributed by atoms with Crippen molar-refractivity contribution in [3.8, 4) is 6.07 Å². The summed E-state index contributed by atoms with van der Waals surface area (Å²) < 4.78 is 1.79. The minimum Gasteiger partial charge on any atom is -0.319 e. The zero-order valence-electron chi connectivity index (χ0n) is 14.5. The van der Waals surface area contributed by atoms with Gasteiger partial charge in [0.25, 0.3) is 5.91 Å². The molecular weight excluding hydrogens is 336 g/mol. The number of hydrogen-bond acceptors (Lipinski definition) is 3. The summed E-state index contributed by atoms with van der Waals surface area (Å²) in [6.07, 6.45) is 3.42. The van der Waals surface area contributed by atoms with Gasteiger partial charge >= 0.3 is 0 Å². The van der Waals surface area contributed by atoms with Gasteiger partial charge in [-0.1, -0.05) is 48.5 Å². The van der Waals surface area contributed by atoms with Crippen molar-refractivity contribution < 1.29 is 4.79 Å². The van der Waals surface area contributed by atoms with E-state index in [-0.39, 0.29) is 5.91 Å². The van der Waals surface area contributed by atoms with Gasteiger partial charge in [-0.3, -0.25) is 9.48 Å². The number of hydrogen-bond donors (Lipinski definition) is 1. The fourth-order valence-electron chi connectivity index (χ4n) is 3.05. The molecular formula is C22H16N4O. The van der Waals surface area contributed by atoms with E-state index in [2.05, 4.69) is 34.7 Å². The minimum absolute atomic E-state index is 0.267. The van der Waals surface area contributed by atoms with Gasteiger partial charge in [0.1, 0.15) is 0 Å². The van der Waals surface area contributed by atoms with Crippen molar-refractivity contribution in [3.63, 3.8) is 0 Å². The van der Waals surface area contributed by atoms with Crippen LogP contribution in [-0.4, -0.2) is 15.7 Å². The first-order chi connectivity index (χ1) is 13.2. The van der Waals surface area contributed by atoms with E-state index in [4.69, 9.17) is 5.26 Å². The first-order valence-electron chi connectivity index (χ1n) is 8.53. The Morgan fingerprint density at radius 1 is 1.07 bits per heavy atom. The Balaban J connectivity index is 1.52. The number of rotatable bonds is 4. The van der Waals surface area contributed by atoms with Crippen LogP contribution >= 0.6 is 0 Å². The number of fused-ring (bicyclic) bond motifs is 1. The summed E-state index contributed by atoms with van der Waals surface area (Å²) in [4.78, 5) is 12.4. The van der Waals surface area contributed by atoms with Gasteiger partial charge in [0, 0.05) is 11.8 Å². The van der Waals surface area contributed by atoms with Crippen LogP contribution in [0.4, 0.5) is 5.69 Å². The SMILES string of the molecule is N#Cc1cccc(C(=O)Nc2cnn(Cc3cccc4ccccc34)c2)c1. The second kappa shape index (κ2) is 7.14. The average Bonchev–Trinajstić information content (AvgIpc) is 3.15. The lowest BCUT2D eigenvalue weighted by Crippen LogP contribution is -2.11. The third kappa shape index (κ3) is 3.55. The van der Waals surface area contributed by atoms with Gasteiger partial charge in [-0.2, -0.15) is 10.4 Å². The van der Waals surface area contributed by atoms with Crippen LogP contribution in [0.1, 0.15) is 21.5 Å². The Hall–Kier alpha value is -3.91. The molecule has 1 amide bonds. The highest BCUT2D eigenvalue weighted by atomic mass is 16.1. The Kier molecular flexibility index (Phi) is 4.38. The molecule has 5 nitrogen and oxygen atoms in total. The number of nitrogens with zero attached hydrogens (tertiary/aromatic N) is 3. The molecule has 0 atom stereocenters. The van der Waals surface area contributed by atoms with E-state index in [1.165, 1.54) is 10.8 Å². The fraction of sp³-hybridized carbons (Fsp3) is 0.0455. The van der Waals surface area contributed by atoms with Gasteiger partial charge in [-0.15, -0.1) is 0 Å². The number of benzene rings is 3.